The van der Waals surface area contributed by atoms with Crippen molar-refractivity contribution in [3.8, 4) is 0 Å². The van der Waals surface area contributed by atoms with Gasteiger partial charge in [0.2, 0.25) is 5.96 Å². The summed E-state index contributed by atoms with van der Waals surface area (Å²) in [4.78, 5) is 9.00. The fourth-order valence-corrected chi connectivity index (χ4v) is 1.50. The maximum Gasteiger partial charge on any atom is 0.208 e. The molecule has 0 aromatic heterocycles. The highest BCUT2D eigenvalue weighted by molar-refractivity contribution is 5.79. The van der Waals surface area contributed by atoms with Crippen LogP contribution in [0, 0.1) is 0 Å². The Balaban J connectivity index is 2.50. The minimum atomic E-state index is 0.504. The Kier molecular flexibility index (Phi) is 5.55. The molecule has 1 aliphatic rings. The summed E-state index contributed by atoms with van der Waals surface area (Å²) in [7, 11) is 4.16. The third kappa shape index (κ3) is 4.81. The summed E-state index contributed by atoms with van der Waals surface area (Å²) >= 11 is 0. The number of nitrogens with zero attached hydrogens (tertiary/aromatic N) is 3. The van der Waals surface area contributed by atoms with Gasteiger partial charge in [0, 0.05) is 19.6 Å². The third-order valence-corrected chi connectivity index (χ3v) is 2.59. The van der Waals surface area contributed by atoms with Crippen LogP contribution < -0.4 is 11.3 Å². The number of aliphatic imine (C=N–C) groups is 1. The van der Waals surface area contributed by atoms with Gasteiger partial charge < -0.3 is 9.80 Å². The van der Waals surface area contributed by atoms with Gasteiger partial charge in [-0.25, -0.2) is 10.8 Å². The van der Waals surface area contributed by atoms with Crippen molar-refractivity contribution in [3.63, 3.8) is 0 Å². The van der Waals surface area contributed by atoms with Crippen LogP contribution in [0.1, 0.15) is 26.2 Å². The molecule has 16 heavy (non-hydrogen) atoms. The highest BCUT2D eigenvalue weighted by Gasteiger charge is 2.22. The molecule has 0 heterocycles. The van der Waals surface area contributed by atoms with Crippen molar-refractivity contribution in [1.29, 1.82) is 0 Å². The molecule has 0 atom stereocenters. The first kappa shape index (κ1) is 13.3. The summed E-state index contributed by atoms with van der Waals surface area (Å²) in [6.07, 6.45) is 3.52. The molecule has 0 unspecified atom stereocenters. The fourth-order valence-electron chi connectivity index (χ4n) is 1.50. The molecule has 1 fully saturated rings. The molecule has 0 aliphatic heterocycles. The zero-order valence-corrected chi connectivity index (χ0v) is 10.7. The fraction of sp³-hybridized carbons (Fsp3) is 0.909. The number of hydrogen-bond donors (Lipinski definition) is 2. The second kappa shape index (κ2) is 6.70. The quantitative estimate of drug-likeness (QED) is 0.295. The van der Waals surface area contributed by atoms with Gasteiger partial charge >= 0.3 is 0 Å². The summed E-state index contributed by atoms with van der Waals surface area (Å²) < 4.78 is 0. The van der Waals surface area contributed by atoms with Gasteiger partial charge in [-0.05, 0) is 33.4 Å². The van der Waals surface area contributed by atoms with Crippen molar-refractivity contribution >= 4 is 5.96 Å². The molecular weight excluding hydrogens is 202 g/mol. The Morgan fingerprint density at radius 1 is 1.31 bits per heavy atom. The van der Waals surface area contributed by atoms with Crippen molar-refractivity contribution in [1.82, 2.24) is 15.2 Å². The predicted molar refractivity (Wildman–Crippen MR) is 68.2 cm³/mol. The molecule has 0 aromatic carbocycles. The van der Waals surface area contributed by atoms with Gasteiger partial charge in [0.05, 0.1) is 6.04 Å². The summed E-state index contributed by atoms with van der Waals surface area (Å²) in [5.41, 5.74) is 2.74. The van der Waals surface area contributed by atoms with Crippen LogP contribution in [0.25, 0.3) is 0 Å². The second-order valence-corrected chi connectivity index (χ2v) is 4.62. The van der Waals surface area contributed by atoms with E-state index in [0.29, 0.717) is 6.04 Å². The number of nitrogens with one attached hydrogen (secondary N) is 1. The van der Waals surface area contributed by atoms with Crippen molar-refractivity contribution in [2.24, 2.45) is 10.8 Å². The Bertz CT molecular complexity index is 222. The van der Waals surface area contributed by atoms with E-state index in [2.05, 4.69) is 41.2 Å². The zero-order valence-electron chi connectivity index (χ0n) is 10.7. The number of rotatable bonds is 6. The van der Waals surface area contributed by atoms with Gasteiger partial charge in [-0.2, -0.15) is 0 Å². The molecule has 0 bridgehead atoms. The molecule has 0 radical (unpaired) electrons. The van der Waals surface area contributed by atoms with Crippen LogP contribution >= 0.6 is 0 Å². The van der Waals surface area contributed by atoms with E-state index in [1.807, 2.05) is 0 Å². The summed E-state index contributed by atoms with van der Waals surface area (Å²) in [5.74, 6) is 6.40. The smallest absolute Gasteiger partial charge is 0.208 e. The number of guanidine groups is 1. The number of hydrazine groups is 1. The SMILES string of the molecule is CCCN(CCN(C)C)C(=NC1CC1)NN. The average molecular weight is 227 g/mol. The first-order chi connectivity index (χ1) is 7.67. The van der Waals surface area contributed by atoms with E-state index < -0.39 is 0 Å². The maximum atomic E-state index is 5.55. The lowest BCUT2D eigenvalue weighted by Gasteiger charge is -2.26. The van der Waals surface area contributed by atoms with E-state index in [-0.39, 0.29) is 0 Å². The lowest BCUT2D eigenvalue weighted by molar-refractivity contribution is 0.322. The molecule has 5 heteroatoms. The maximum absolute atomic E-state index is 5.55. The normalized spacial score (nSPS) is 16.7. The molecule has 0 spiro atoms. The van der Waals surface area contributed by atoms with Gasteiger partial charge in [0.15, 0.2) is 0 Å². The Labute approximate surface area is 98.7 Å². The van der Waals surface area contributed by atoms with Crippen LogP contribution in [-0.4, -0.2) is 55.5 Å². The van der Waals surface area contributed by atoms with Crippen molar-refractivity contribution in [2.75, 3.05) is 33.7 Å². The Hall–Kier alpha value is -0.810. The molecule has 0 aromatic rings. The lowest BCUT2D eigenvalue weighted by Crippen LogP contribution is -2.47. The Morgan fingerprint density at radius 2 is 2.00 bits per heavy atom. The number of nitrogens with two attached hydrogens (primary N) is 1. The van der Waals surface area contributed by atoms with E-state index >= 15 is 0 Å². The van der Waals surface area contributed by atoms with Crippen molar-refractivity contribution in [3.05, 3.63) is 0 Å². The van der Waals surface area contributed by atoms with Crippen LogP contribution in [0.5, 0.6) is 0 Å². The molecule has 1 aliphatic carbocycles. The third-order valence-electron chi connectivity index (χ3n) is 2.59. The van der Waals surface area contributed by atoms with Crippen LogP contribution in [0.2, 0.25) is 0 Å². The van der Waals surface area contributed by atoms with E-state index in [9.17, 15) is 0 Å². The van der Waals surface area contributed by atoms with Crippen LogP contribution in [0.4, 0.5) is 0 Å². The number of likely N-dealkylation sites (N-methyl/N-ethyl adjacent to an activating group) is 1. The Morgan fingerprint density at radius 3 is 2.44 bits per heavy atom. The van der Waals surface area contributed by atoms with E-state index in [1.165, 1.54) is 12.8 Å². The molecule has 0 saturated heterocycles. The molecule has 5 nitrogen and oxygen atoms in total. The van der Waals surface area contributed by atoms with E-state index in [1.54, 1.807) is 0 Å². The standard InChI is InChI=1S/C11H25N5/c1-4-7-16(9-8-15(2)3)11(14-12)13-10-5-6-10/h10H,4-9,12H2,1-3H3,(H,13,14). The lowest BCUT2D eigenvalue weighted by atomic mass is 10.4. The second-order valence-electron chi connectivity index (χ2n) is 4.62. The predicted octanol–water partition coefficient (Wildman–Crippen LogP) is 0.242. The molecule has 1 saturated carbocycles. The average Bonchev–Trinajstić information content (AvgIpc) is 3.04. The molecule has 0 amide bonds. The highest BCUT2D eigenvalue weighted by atomic mass is 15.4. The van der Waals surface area contributed by atoms with Crippen molar-refractivity contribution < 1.29 is 0 Å². The van der Waals surface area contributed by atoms with Gasteiger partial charge in [0.25, 0.3) is 0 Å². The van der Waals surface area contributed by atoms with Gasteiger partial charge in [0.1, 0.15) is 0 Å². The molecule has 94 valence electrons. The minimum Gasteiger partial charge on any atom is -0.341 e. The van der Waals surface area contributed by atoms with Gasteiger partial charge in [-0.1, -0.05) is 6.92 Å². The van der Waals surface area contributed by atoms with Gasteiger partial charge in [-0.3, -0.25) is 5.43 Å². The monoisotopic (exact) mass is 227 g/mol. The summed E-state index contributed by atoms with van der Waals surface area (Å²) in [5, 5.41) is 0. The molecule has 3 N–H and O–H groups in total. The van der Waals surface area contributed by atoms with Gasteiger partial charge in [-0.15, -0.1) is 0 Å². The summed E-state index contributed by atoms with van der Waals surface area (Å²) in [6.45, 7) is 5.17. The first-order valence-corrected chi connectivity index (χ1v) is 6.11. The topological polar surface area (TPSA) is 56.9 Å². The van der Waals surface area contributed by atoms with E-state index in [4.69, 9.17) is 5.84 Å². The van der Waals surface area contributed by atoms with Crippen LogP contribution in [-0.2, 0) is 0 Å². The minimum absolute atomic E-state index is 0.504. The van der Waals surface area contributed by atoms with Crippen molar-refractivity contribution in [2.45, 2.75) is 32.2 Å². The molecule has 1 rings (SSSR count). The zero-order chi connectivity index (χ0) is 12.0. The molecular formula is C11H25N5. The van der Waals surface area contributed by atoms with E-state index in [0.717, 1.165) is 32.0 Å². The highest BCUT2D eigenvalue weighted by Crippen LogP contribution is 2.23. The van der Waals surface area contributed by atoms with Crippen LogP contribution in [0.15, 0.2) is 4.99 Å². The largest absolute Gasteiger partial charge is 0.341 e. The van der Waals surface area contributed by atoms with Crippen LogP contribution in [0.3, 0.4) is 0 Å². The first-order valence-electron chi connectivity index (χ1n) is 6.11. The summed E-state index contributed by atoms with van der Waals surface area (Å²) in [6, 6.07) is 0.504. The number of hydrogen-bond acceptors (Lipinski definition) is 3.